The van der Waals surface area contributed by atoms with Crippen LogP contribution in [0.2, 0.25) is 5.02 Å². The van der Waals surface area contributed by atoms with Gasteiger partial charge in [0, 0.05) is 42.4 Å². The lowest BCUT2D eigenvalue weighted by atomic mass is 9.45. The summed E-state index contributed by atoms with van der Waals surface area (Å²) in [7, 11) is 0. The summed E-state index contributed by atoms with van der Waals surface area (Å²) < 4.78 is 15.8. The highest BCUT2D eigenvalue weighted by Gasteiger charge is 2.56. The number of anilines is 1. The van der Waals surface area contributed by atoms with Crippen LogP contribution in [0.25, 0.3) is 10.9 Å². The largest absolute Gasteiger partial charge is 0.340 e. The predicted molar refractivity (Wildman–Crippen MR) is 169 cm³/mol. The molecule has 3 saturated carbocycles. The summed E-state index contributed by atoms with van der Waals surface area (Å²) >= 11 is 5.88. The van der Waals surface area contributed by atoms with Gasteiger partial charge >= 0.3 is 0 Å². The molecule has 2 aromatic carbocycles. The van der Waals surface area contributed by atoms with Crippen molar-refractivity contribution in [3.63, 3.8) is 0 Å². The van der Waals surface area contributed by atoms with Crippen LogP contribution in [0, 0.1) is 29.0 Å². The number of guanidine groups is 1. The maximum atomic E-state index is 14.2. The Kier molecular flexibility index (Phi) is 7.81. The summed E-state index contributed by atoms with van der Waals surface area (Å²) in [6, 6.07) is 11.3. The summed E-state index contributed by atoms with van der Waals surface area (Å²) in [5.74, 6) is 2.53. The molecule has 42 heavy (non-hydrogen) atoms. The van der Waals surface area contributed by atoms with Crippen molar-refractivity contribution < 1.29 is 4.39 Å². The van der Waals surface area contributed by atoms with Crippen molar-refractivity contribution in [3.05, 3.63) is 69.5 Å². The fourth-order valence-corrected chi connectivity index (χ4v) is 7.79. The number of aryl methyl sites for hydroxylation is 2. The highest BCUT2D eigenvalue weighted by Crippen LogP contribution is 2.61. The smallest absolute Gasteiger partial charge is 0.261 e. The highest BCUT2D eigenvalue weighted by molar-refractivity contribution is 6.30. The lowest BCUT2D eigenvalue weighted by Gasteiger charge is -2.61. The van der Waals surface area contributed by atoms with E-state index in [0.717, 1.165) is 43.0 Å². The molecule has 0 amide bonds. The van der Waals surface area contributed by atoms with Crippen LogP contribution in [0.3, 0.4) is 0 Å². The fourth-order valence-electron chi connectivity index (χ4n) is 7.63. The third-order valence-corrected chi connectivity index (χ3v) is 10.4. The molecule has 2 bridgehead atoms. The van der Waals surface area contributed by atoms with E-state index in [1.807, 2.05) is 18.2 Å². The number of halogens is 2. The van der Waals surface area contributed by atoms with E-state index in [-0.39, 0.29) is 11.4 Å². The summed E-state index contributed by atoms with van der Waals surface area (Å²) in [4.78, 5) is 25.7. The molecule has 1 aromatic heterocycles. The van der Waals surface area contributed by atoms with Gasteiger partial charge in [-0.15, -0.1) is 0 Å². The van der Waals surface area contributed by atoms with Gasteiger partial charge in [0.25, 0.3) is 5.56 Å². The molecule has 1 aliphatic heterocycles. The zero-order valence-electron chi connectivity index (χ0n) is 25.2. The second-order valence-corrected chi connectivity index (χ2v) is 13.9. The normalized spacial score (nSPS) is 28.9. The highest BCUT2D eigenvalue weighted by atomic mass is 35.5. The van der Waals surface area contributed by atoms with Gasteiger partial charge in [0.05, 0.1) is 23.3 Å². The molecule has 6 unspecified atom stereocenters. The number of nitrogens with one attached hydrogen (secondary N) is 2. The lowest BCUT2D eigenvalue weighted by Crippen LogP contribution is -2.59. The maximum absolute atomic E-state index is 14.2. The Morgan fingerprint density at radius 3 is 2.60 bits per heavy atom. The molecule has 224 valence electrons. The molecule has 1 saturated heterocycles. The van der Waals surface area contributed by atoms with Crippen LogP contribution >= 0.6 is 11.6 Å². The van der Waals surface area contributed by atoms with Crippen LogP contribution in [-0.2, 0) is 13.0 Å². The molecule has 6 atom stereocenters. The van der Waals surface area contributed by atoms with Crippen molar-refractivity contribution >= 4 is 34.2 Å². The van der Waals surface area contributed by atoms with Gasteiger partial charge in [-0.1, -0.05) is 38.4 Å². The van der Waals surface area contributed by atoms with Crippen molar-refractivity contribution in [2.24, 2.45) is 28.2 Å². The van der Waals surface area contributed by atoms with E-state index < -0.39 is 0 Å². The molecular weight excluding hydrogens is 551 g/mol. The molecule has 4 fully saturated rings. The Morgan fingerprint density at radius 2 is 1.90 bits per heavy atom. The van der Waals surface area contributed by atoms with Gasteiger partial charge in [0.2, 0.25) is 0 Å². The number of fused-ring (bicyclic) bond motifs is 3. The number of aromatic nitrogens is 2. The molecule has 4 aliphatic rings. The van der Waals surface area contributed by atoms with Crippen LogP contribution < -0.4 is 16.2 Å². The van der Waals surface area contributed by atoms with Crippen LogP contribution in [0.5, 0.6) is 0 Å². The SMILES string of the molecule is CC1CN(C(=NC2CC3CC(C2C)C3(C)C)Nc2ccc3c(=O)n(CCc4ccc(Cl)cc4F)cnc3c2)CC(C)N1. The average Bonchev–Trinajstić information content (AvgIpc) is 2.93. The topological polar surface area (TPSA) is 74.5 Å². The van der Waals surface area contributed by atoms with Gasteiger partial charge in [-0.2, -0.15) is 0 Å². The molecule has 3 aliphatic carbocycles. The molecule has 2 N–H and O–H groups in total. The Bertz CT molecular complexity index is 1560. The first-order chi connectivity index (χ1) is 20.0. The third-order valence-electron chi connectivity index (χ3n) is 10.2. The van der Waals surface area contributed by atoms with Gasteiger partial charge in [-0.3, -0.25) is 9.36 Å². The van der Waals surface area contributed by atoms with E-state index in [9.17, 15) is 9.18 Å². The second-order valence-electron chi connectivity index (χ2n) is 13.4. The van der Waals surface area contributed by atoms with Crippen LogP contribution in [0.4, 0.5) is 10.1 Å². The molecule has 7 nitrogen and oxygen atoms in total. The van der Waals surface area contributed by atoms with Crippen LogP contribution in [-0.4, -0.2) is 51.6 Å². The summed E-state index contributed by atoms with van der Waals surface area (Å²) in [6.45, 7) is 13.7. The fraction of sp³-hybridized carbons (Fsp3) is 0.545. The van der Waals surface area contributed by atoms with Crippen LogP contribution in [0.15, 0.2) is 52.5 Å². The molecule has 9 heteroatoms. The van der Waals surface area contributed by atoms with Crippen molar-refractivity contribution in [2.45, 2.75) is 78.6 Å². The summed E-state index contributed by atoms with van der Waals surface area (Å²) in [5, 5.41) is 8.16. The molecule has 0 radical (unpaired) electrons. The number of nitrogens with zero attached hydrogens (tertiary/aromatic N) is 4. The molecular formula is C33H42ClFN6O. The standard InChI is InChI=1S/C33H42ClFN6O/c1-19-16-41(17-20(2)37-19)32(39-29-13-23-12-27(21(29)3)33(23,4)5)38-25-8-9-26-30(15-25)36-18-40(31(26)42)11-10-22-6-7-24(34)14-28(22)35/h6-9,14-15,18-21,23,27,29,37H,10-13,16-17H2,1-5H3,(H,38,39). The van der Waals surface area contributed by atoms with E-state index in [4.69, 9.17) is 16.6 Å². The Labute approximate surface area is 252 Å². The van der Waals surface area contributed by atoms with Crippen molar-refractivity contribution in [3.8, 4) is 0 Å². The van der Waals surface area contributed by atoms with E-state index >= 15 is 0 Å². The number of piperazine rings is 1. The lowest BCUT2D eigenvalue weighted by molar-refractivity contribution is -0.108. The number of aliphatic imine (C=N–C) groups is 1. The third kappa shape index (κ3) is 5.55. The van der Waals surface area contributed by atoms with Gasteiger partial charge < -0.3 is 15.5 Å². The van der Waals surface area contributed by atoms with Gasteiger partial charge in [0.1, 0.15) is 5.82 Å². The number of rotatable bonds is 5. The number of benzene rings is 2. The van der Waals surface area contributed by atoms with Gasteiger partial charge in [-0.25, -0.2) is 14.4 Å². The van der Waals surface area contributed by atoms with Gasteiger partial charge in [-0.05, 0) is 92.2 Å². The van der Waals surface area contributed by atoms with Crippen LogP contribution in [0.1, 0.15) is 53.0 Å². The minimum Gasteiger partial charge on any atom is -0.340 e. The average molecular weight is 593 g/mol. The summed E-state index contributed by atoms with van der Waals surface area (Å²) in [6.07, 6.45) is 4.38. The first kappa shape index (κ1) is 29.1. The zero-order chi connectivity index (χ0) is 29.8. The zero-order valence-corrected chi connectivity index (χ0v) is 26.0. The molecule has 7 rings (SSSR count). The Morgan fingerprint density at radius 1 is 1.14 bits per heavy atom. The van der Waals surface area contributed by atoms with Crippen molar-refractivity contribution in [2.75, 3.05) is 18.4 Å². The number of hydrogen-bond acceptors (Lipinski definition) is 4. The quantitative estimate of drug-likeness (QED) is 0.283. The molecule has 0 spiro atoms. The monoisotopic (exact) mass is 592 g/mol. The Hall–Kier alpha value is -2.97. The summed E-state index contributed by atoms with van der Waals surface area (Å²) in [5.41, 5.74) is 2.27. The van der Waals surface area contributed by atoms with E-state index in [1.165, 1.54) is 17.1 Å². The maximum Gasteiger partial charge on any atom is 0.261 e. The van der Waals surface area contributed by atoms with E-state index in [1.54, 1.807) is 18.5 Å². The van der Waals surface area contributed by atoms with Crippen molar-refractivity contribution in [1.29, 1.82) is 0 Å². The van der Waals surface area contributed by atoms with E-state index in [0.29, 0.717) is 63.9 Å². The second kappa shape index (κ2) is 11.3. The Balaban J connectivity index is 1.24. The first-order valence-corrected chi connectivity index (χ1v) is 15.7. The molecule has 2 heterocycles. The first-order valence-electron chi connectivity index (χ1n) is 15.3. The molecule has 3 aromatic rings. The van der Waals surface area contributed by atoms with Gasteiger partial charge in [0.15, 0.2) is 5.96 Å². The predicted octanol–water partition coefficient (Wildman–Crippen LogP) is 5.95. The van der Waals surface area contributed by atoms with E-state index in [2.05, 4.69) is 55.1 Å². The van der Waals surface area contributed by atoms with Crippen molar-refractivity contribution in [1.82, 2.24) is 19.8 Å². The number of hydrogen-bond donors (Lipinski definition) is 2. The minimum absolute atomic E-state index is 0.141. The minimum atomic E-state index is -0.367.